The van der Waals surface area contributed by atoms with Gasteiger partial charge in [0.15, 0.2) is 5.83 Å². The van der Waals surface area contributed by atoms with E-state index in [0.717, 1.165) is 11.8 Å². The van der Waals surface area contributed by atoms with Crippen LogP contribution in [0.5, 0.6) is 0 Å². The fourth-order valence-electron chi connectivity index (χ4n) is 5.57. The van der Waals surface area contributed by atoms with Crippen molar-refractivity contribution < 1.29 is 27.4 Å². The third kappa shape index (κ3) is 3.63. The molecule has 0 aliphatic heterocycles. The molecule has 4 atom stereocenters. The first-order chi connectivity index (χ1) is 15.7. The molecule has 1 saturated carbocycles. The number of anilines is 1. The van der Waals surface area contributed by atoms with Gasteiger partial charge < -0.3 is 15.2 Å². The Morgan fingerprint density at radius 1 is 1.26 bits per heavy atom. The third-order valence-electron chi connectivity index (χ3n) is 7.09. The number of fused-ring (bicyclic) bond motifs is 2. The van der Waals surface area contributed by atoms with E-state index in [2.05, 4.69) is 10.4 Å². The molecule has 1 heterocycles. The van der Waals surface area contributed by atoms with Crippen LogP contribution in [0.2, 0.25) is 0 Å². The number of aryl methyl sites for hydroxylation is 1. The van der Waals surface area contributed by atoms with Crippen LogP contribution in [0.15, 0.2) is 52.2 Å². The molecule has 4 unspecified atom stereocenters. The highest BCUT2D eigenvalue weighted by molar-refractivity contribution is 5.92. The first kappa shape index (κ1) is 24.4. The highest BCUT2D eigenvalue weighted by Gasteiger charge is 2.62. The standard InChI is InChI=1S/C24H27F4N3O3/c1-12-9-14-18(30-17-8-6-7-13-15(17)11-29-31(4)21(13)32)16(24(26,27)28)10-22(2,3)19(14)23(33,34-5)20(12)25/h6-9,11,16,18-19,30,33H,10H2,1-5H3. The van der Waals surface area contributed by atoms with Crippen LogP contribution in [0, 0.1) is 17.3 Å². The van der Waals surface area contributed by atoms with Crippen LogP contribution in [0.4, 0.5) is 23.2 Å². The van der Waals surface area contributed by atoms with E-state index in [-0.39, 0.29) is 28.8 Å². The van der Waals surface area contributed by atoms with E-state index in [1.165, 1.54) is 26.2 Å². The number of benzene rings is 1. The van der Waals surface area contributed by atoms with Crippen LogP contribution in [-0.2, 0) is 11.8 Å². The lowest BCUT2D eigenvalue weighted by atomic mass is 9.56. The summed E-state index contributed by atoms with van der Waals surface area (Å²) in [6.45, 7) is 4.53. The highest BCUT2D eigenvalue weighted by Crippen LogP contribution is 2.58. The van der Waals surface area contributed by atoms with Gasteiger partial charge >= 0.3 is 6.18 Å². The molecular formula is C24H27F4N3O3. The molecule has 1 aromatic heterocycles. The number of nitrogens with zero attached hydrogens (tertiary/aromatic N) is 2. The van der Waals surface area contributed by atoms with Gasteiger partial charge in [0.25, 0.3) is 5.56 Å². The van der Waals surface area contributed by atoms with Crippen LogP contribution < -0.4 is 10.9 Å². The predicted octanol–water partition coefficient (Wildman–Crippen LogP) is 4.46. The molecule has 1 fully saturated rings. The van der Waals surface area contributed by atoms with Crippen molar-refractivity contribution in [2.45, 2.75) is 45.2 Å². The van der Waals surface area contributed by atoms with Crippen molar-refractivity contribution in [2.75, 3.05) is 12.4 Å². The Balaban J connectivity index is 1.93. The summed E-state index contributed by atoms with van der Waals surface area (Å²) in [5.74, 6) is -6.23. The van der Waals surface area contributed by atoms with E-state index in [1.54, 1.807) is 32.0 Å². The first-order valence-corrected chi connectivity index (χ1v) is 10.9. The summed E-state index contributed by atoms with van der Waals surface area (Å²) in [5.41, 5.74) is -1.06. The number of aromatic nitrogens is 2. The van der Waals surface area contributed by atoms with Gasteiger partial charge in [-0.05, 0) is 42.0 Å². The van der Waals surface area contributed by atoms with Crippen molar-refractivity contribution in [3.05, 3.63) is 57.8 Å². The minimum atomic E-state index is -4.58. The number of halogens is 4. The lowest BCUT2D eigenvalue weighted by molar-refractivity contribution is -0.242. The molecule has 0 saturated heterocycles. The summed E-state index contributed by atoms with van der Waals surface area (Å²) >= 11 is 0. The maximum atomic E-state index is 15.1. The van der Waals surface area contributed by atoms with Gasteiger partial charge in [0.05, 0.1) is 23.5 Å². The number of alkyl halides is 3. The highest BCUT2D eigenvalue weighted by atomic mass is 19.4. The van der Waals surface area contributed by atoms with Crippen LogP contribution in [0.25, 0.3) is 10.8 Å². The van der Waals surface area contributed by atoms with Crippen LogP contribution in [0.3, 0.4) is 0 Å². The molecule has 2 N–H and O–H groups in total. The van der Waals surface area contributed by atoms with Gasteiger partial charge in [-0.2, -0.15) is 18.3 Å². The molecule has 6 nitrogen and oxygen atoms in total. The minimum Gasteiger partial charge on any atom is -0.377 e. The van der Waals surface area contributed by atoms with E-state index in [9.17, 15) is 23.1 Å². The van der Waals surface area contributed by atoms with Gasteiger partial charge in [-0.25, -0.2) is 9.07 Å². The van der Waals surface area contributed by atoms with E-state index >= 15 is 4.39 Å². The topological polar surface area (TPSA) is 76.4 Å². The molecular weight excluding hydrogens is 454 g/mol. The van der Waals surface area contributed by atoms with Crippen molar-refractivity contribution in [1.82, 2.24) is 9.78 Å². The van der Waals surface area contributed by atoms with E-state index < -0.39 is 41.1 Å². The summed E-state index contributed by atoms with van der Waals surface area (Å²) in [5, 5.41) is 18.8. The molecule has 0 spiro atoms. The number of allylic oxidation sites excluding steroid dienone is 2. The zero-order valence-electron chi connectivity index (χ0n) is 19.5. The van der Waals surface area contributed by atoms with E-state index in [4.69, 9.17) is 4.74 Å². The number of rotatable bonds is 3. The van der Waals surface area contributed by atoms with Crippen molar-refractivity contribution in [3.8, 4) is 0 Å². The number of nitrogens with one attached hydrogen (secondary N) is 1. The lowest BCUT2D eigenvalue weighted by Gasteiger charge is -2.54. The Morgan fingerprint density at radius 3 is 2.56 bits per heavy atom. The molecule has 0 bridgehead atoms. The molecule has 10 heteroatoms. The van der Waals surface area contributed by atoms with Crippen molar-refractivity contribution in [3.63, 3.8) is 0 Å². The molecule has 2 aliphatic carbocycles. The second-order valence-corrected chi connectivity index (χ2v) is 9.78. The van der Waals surface area contributed by atoms with Crippen LogP contribution in [-0.4, -0.2) is 40.0 Å². The first-order valence-electron chi connectivity index (χ1n) is 10.9. The second kappa shape index (κ2) is 7.91. The SMILES string of the molecule is COC1(O)C(F)=C(C)C=C2C(Nc3cccc4c(=O)n(C)ncc34)C(C(F)(F)F)CC(C)(C)C21. The summed E-state index contributed by atoms with van der Waals surface area (Å²) in [7, 11) is 2.62. The van der Waals surface area contributed by atoms with Gasteiger partial charge in [0, 0.05) is 31.1 Å². The van der Waals surface area contributed by atoms with Gasteiger partial charge in [-0.3, -0.25) is 4.79 Å². The number of aliphatic hydroxyl groups is 1. The zero-order valence-corrected chi connectivity index (χ0v) is 19.5. The van der Waals surface area contributed by atoms with Gasteiger partial charge in [-0.1, -0.05) is 26.0 Å². The Labute approximate surface area is 193 Å². The fraction of sp³-hybridized carbons (Fsp3) is 0.500. The maximum absolute atomic E-state index is 15.1. The van der Waals surface area contributed by atoms with Gasteiger partial charge in [0.2, 0.25) is 5.79 Å². The van der Waals surface area contributed by atoms with Crippen molar-refractivity contribution >= 4 is 16.5 Å². The van der Waals surface area contributed by atoms with Gasteiger partial charge in [-0.15, -0.1) is 0 Å². The molecule has 2 aromatic rings. The Morgan fingerprint density at radius 2 is 1.94 bits per heavy atom. The average Bonchev–Trinajstić information content (AvgIpc) is 2.75. The molecule has 34 heavy (non-hydrogen) atoms. The summed E-state index contributed by atoms with van der Waals surface area (Å²) in [4.78, 5) is 12.5. The van der Waals surface area contributed by atoms with Crippen LogP contribution >= 0.6 is 0 Å². The lowest BCUT2D eigenvalue weighted by Crippen LogP contribution is -2.59. The number of hydrogen-bond donors (Lipinski definition) is 2. The minimum absolute atomic E-state index is 0.00511. The Kier molecular flexibility index (Phi) is 5.68. The smallest absolute Gasteiger partial charge is 0.377 e. The van der Waals surface area contributed by atoms with E-state index in [0.29, 0.717) is 10.8 Å². The average molecular weight is 481 g/mol. The van der Waals surface area contributed by atoms with Gasteiger partial charge in [0.1, 0.15) is 0 Å². The molecule has 184 valence electrons. The molecule has 1 aromatic carbocycles. The van der Waals surface area contributed by atoms with Crippen LogP contribution in [0.1, 0.15) is 27.2 Å². The summed E-state index contributed by atoms with van der Waals surface area (Å²) < 4.78 is 64.5. The Hall–Kier alpha value is -2.72. The molecule has 4 rings (SSSR count). The predicted molar refractivity (Wildman–Crippen MR) is 120 cm³/mol. The molecule has 2 aliphatic rings. The summed E-state index contributed by atoms with van der Waals surface area (Å²) in [6, 6.07) is 3.38. The summed E-state index contributed by atoms with van der Waals surface area (Å²) in [6.07, 6.45) is -2.18. The number of ether oxygens (including phenoxy) is 1. The quantitative estimate of drug-likeness (QED) is 0.500. The third-order valence-corrected chi connectivity index (χ3v) is 7.09. The molecule has 0 radical (unpaired) electrons. The van der Waals surface area contributed by atoms with Crippen molar-refractivity contribution in [2.24, 2.45) is 24.3 Å². The normalized spacial score (nSPS) is 29.1. The number of methoxy groups -OCH3 is 1. The molecule has 0 amide bonds. The van der Waals surface area contributed by atoms with E-state index in [1.807, 2.05) is 0 Å². The number of hydrogen-bond acceptors (Lipinski definition) is 5. The fourth-order valence-corrected chi connectivity index (χ4v) is 5.57. The Bertz CT molecular complexity index is 1260. The maximum Gasteiger partial charge on any atom is 0.394 e. The second-order valence-electron chi connectivity index (χ2n) is 9.78. The zero-order chi connectivity index (χ0) is 25.2. The largest absolute Gasteiger partial charge is 0.394 e. The monoisotopic (exact) mass is 481 g/mol. The van der Waals surface area contributed by atoms with Crippen molar-refractivity contribution in [1.29, 1.82) is 0 Å².